The Bertz CT molecular complexity index is 2210. The van der Waals surface area contributed by atoms with Crippen molar-refractivity contribution in [1.82, 2.24) is 39.2 Å². The van der Waals surface area contributed by atoms with Gasteiger partial charge >= 0.3 is 0 Å². The predicted octanol–water partition coefficient (Wildman–Crippen LogP) is 4.07. The Morgan fingerprint density at radius 2 is 1.88 bits per heavy atom. The summed E-state index contributed by atoms with van der Waals surface area (Å²) in [5.41, 5.74) is 3.85. The van der Waals surface area contributed by atoms with Crippen molar-refractivity contribution < 1.29 is 23.0 Å². The zero-order chi connectivity index (χ0) is 34.4. The van der Waals surface area contributed by atoms with E-state index in [1.807, 2.05) is 41.3 Å². The fourth-order valence-corrected chi connectivity index (χ4v) is 6.98. The van der Waals surface area contributed by atoms with Crippen LogP contribution in [0.25, 0.3) is 39.0 Å². The average Bonchev–Trinajstić information content (AvgIpc) is 3.85. The molecule has 13 nitrogen and oxygen atoms in total. The lowest BCUT2D eigenvalue weighted by molar-refractivity contribution is -0.133. The van der Waals surface area contributed by atoms with Gasteiger partial charge < -0.3 is 29.2 Å². The van der Waals surface area contributed by atoms with Crippen LogP contribution in [-0.2, 0) is 20.8 Å². The number of benzene rings is 2. The average molecular weight is 681 g/mol. The number of halogens is 2. The summed E-state index contributed by atoms with van der Waals surface area (Å²) in [6.45, 7) is 1.92. The number of likely N-dealkylation sites (N-methyl/N-ethyl adjacent to an activating group) is 1. The van der Waals surface area contributed by atoms with Gasteiger partial charge in [-0.2, -0.15) is 5.10 Å². The van der Waals surface area contributed by atoms with E-state index in [9.17, 15) is 13.6 Å². The third kappa shape index (κ3) is 5.77. The lowest BCUT2D eigenvalue weighted by Gasteiger charge is -2.31. The summed E-state index contributed by atoms with van der Waals surface area (Å²) in [5, 5.41) is 8.48. The molecule has 0 saturated carbocycles. The fraction of sp³-hybridized carbons (Fsp3) is 0.314. The van der Waals surface area contributed by atoms with E-state index >= 15 is 0 Å². The van der Waals surface area contributed by atoms with Crippen LogP contribution in [0.5, 0.6) is 0 Å². The number of hydrogen-bond donors (Lipinski definition) is 1. The molecule has 256 valence electrons. The smallest absolute Gasteiger partial charge is 0.245 e. The molecule has 6 heterocycles. The first-order chi connectivity index (χ1) is 24.4. The van der Waals surface area contributed by atoms with E-state index in [0.29, 0.717) is 61.9 Å². The van der Waals surface area contributed by atoms with Crippen LogP contribution in [0, 0.1) is 11.6 Å². The molecule has 0 aliphatic carbocycles. The van der Waals surface area contributed by atoms with Crippen molar-refractivity contribution in [2.75, 3.05) is 50.7 Å². The van der Waals surface area contributed by atoms with Crippen LogP contribution in [0.4, 0.5) is 20.4 Å². The molecule has 1 amide bonds. The Morgan fingerprint density at radius 1 is 1.00 bits per heavy atom. The highest BCUT2D eigenvalue weighted by Crippen LogP contribution is 2.34. The van der Waals surface area contributed by atoms with E-state index < -0.39 is 17.7 Å². The molecule has 4 aromatic heterocycles. The summed E-state index contributed by atoms with van der Waals surface area (Å²) in [4.78, 5) is 36.8. The van der Waals surface area contributed by atoms with E-state index in [1.54, 1.807) is 31.6 Å². The summed E-state index contributed by atoms with van der Waals surface area (Å²) in [6, 6.07) is 14.3. The van der Waals surface area contributed by atoms with E-state index in [0.717, 1.165) is 34.4 Å². The van der Waals surface area contributed by atoms with Crippen LogP contribution in [0.1, 0.15) is 6.42 Å². The Labute approximate surface area is 285 Å². The maximum atomic E-state index is 14.8. The number of nitrogens with zero attached hydrogens (tertiary/aromatic N) is 9. The van der Waals surface area contributed by atoms with Crippen LogP contribution >= 0.6 is 0 Å². The molecule has 1 N–H and O–H groups in total. The minimum Gasteiger partial charge on any atom is -0.382 e. The number of pyridine rings is 1. The van der Waals surface area contributed by atoms with E-state index in [4.69, 9.17) is 14.5 Å². The van der Waals surface area contributed by atoms with Crippen LogP contribution < -0.4 is 10.2 Å². The van der Waals surface area contributed by atoms with Crippen molar-refractivity contribution in [3.63, 3.8) is 0 Å². The van der Waals surface area contributed by atoms with Gasteiger partial charge in [0.2, 0.25) is 5.91 Å². The number of imidazole rings is 1. The number of anilines is 2. The quantitative estimate of drug-likeness (QED) is 0.257. The molecule has 50 heavy (non-hydrogen) atoms. The van der Waals surface area contributed by atoms with Gasteiger partial charge in [0.25, 0.3) is 0 Å². The van der Waals surface area contributed by atoms with Crippen molar-refractivity contribution in [2.45, 2.75) is 31.2 Å². The second-order valence-corrected chi connectivity index (χ2v) is 12.5. The number of hydrogen-bond acceptors (Lipinski definition) is 10. The first-order valence-corrected chi connectivity index (χ1v) is 16.3. The molecule has 1 saturated heterocycles. The van der Waals surface area contributed by atoms with Gasteiger partial charge in [-0.15, -0.1) is 0 Å². The number of amides is 1. The summed E-state index contributed by atoms with van der Waals surface area (Å²) in [7, 11) is 3.40. The lowest BCUT2D eigenvalue weighted by atomic mass is 10.1. The number of nitrogens with one attached hydrogen (secondary N) is 1. The SMILES string of the molecule is COCCOC1CN(C)C(=O)[C@@H]2C[C@@H](CN2c2ncnc3c2cnn3-c2ccc(F)cc2F)Nc2cccc(n2)-c2cccc3ncn(c23)C1. The van der Waals surface area contributed by atoms with Crippen LogP contribution in [0.15, 0.2) is 73.4 Å². The van der Waals surface area contributed by atoms with Gasteiger partial charge in [-0.25, -0.2) is 33.4 Å². The first-order valence-electron chi connectivity index (χ1n) is 16.3. The Balaban J connectivity index is 1.20. The van der Waals surface area contributed by atoms with Gasteiger partial charge in [-0.3, -0.25) is 4.79 Å². The van der Waals surface area contributed by atoms with Crippen molar-refractivity contribution in [3.8, 4) is 16.9 Å². The Hall–Kier alpha value is -5.54. The van der Waals surface area contributed by atoms with Crippen LogP contribution in [0.2, 0.25) is 0 Å². The van der Waals surface area contributed by atoms with Crippen LogP contribution in [0.3, 0.4) is 0 Å². The monoisotopic (exact) mass is 680 g/mol. The van der Waals surface area contributed by atoms with Gasteiger partial charge in [0, 0.05) is 44.9 Å². The topological polar surface area (TPSA) is 128 Å². The molecule has 2 aliphatic heterocycles. The molecular formula is C35H34F2N10O3. The third-order valence-electron chi connectivity index (χ3n) is 9.25. The minimum atomic E-state index is -0.778. The lowest BCUT2D eigenvalue weighted by Crippen LogP contribution is -2.47. The number of rotatable bonds is 6. The maximum Gasteiger partial charge on any atom is 0.245 e. The first kappa shape index (κ1) is 31.7. The highest BCUT2D eigenvalue weighted by atomic mass is 19.1. The van der Waals surface area contributed by atoms with Gasteiger partial charge in [0.05, 0.1) is 60.5 Å². The number of para-hydroxylation sites is 1. The molecule has 0 spiro atoms. The standard InChI is InChI=1S/C35H34F2N10O3/c1-44-17-23(50-12-11-49-2)18-45-20-40-28-7-3-5-24(32(28)45)27-6-4-8-31(43-27)42-22-14-30(35(44)48)46(16-22)33-25-15-41-47(34(25)39-19-38-33)29-10-9-21(36)13-26(29)37/h3-10,13,15,19-20,22-23,30H,11-12,14,16-18H2,1-2H3,(H,42,43)/t22-,23?,30-/m0/s1. The van der Waals surface area contributed by atoms with Gasteiger partial charge in [-0.05, 0) is 36.8 Å². The largest absolute Gasteiger partial charge is 0.382 e. The van der Waals surface area contributed by atoms with Crippen molar-refractivity contribution in [1.29, 1.82) is 0 Å². The second-order valence-electron chi connectivity index (χ2n) is 12.5. The third-order valence-corrected chi connectivity index (χ3v) is 9.25. The zero-order valence-corrected chi connectivity index (χ0v) is 27.4. The molecule has 3 atom stereocenters. The fourth-order valence-electron chi connectivity index (χ4n) is 6.98. The molecule has 6 aromatic rings. The molecule has 0 radical (unpaired) electrons. The number of aromatic nitrogens is 7. The Kier molecular flexibility index (Phi) is 8.28. The number of ether oxygens (including phenoxy) is 2. The van der Waals surface area contributed by atoms with Crippen LogP contribution in [-0.4, -0.2) is 104 Å². The molecule has 1 unspecified atom stereocenters. The molecule has 1 fully saturated rings. The van der Waals surface area contributed by atoms with Gasteiger partial charge in [0.15, 0.2) is 11.5 Å². The number of fused-ring (bicyclic) bond motifs is 6. The Morgan fingerprint density at radius 3 is 2.74 bits per heavy atom. The molecule has 4 bridgehead atoms. The molecule has 2 aliphatic rings. The number of methoxy groups -OCH3 is 1. The van der Waals surface area contributed by atoms with Gasteiger partial charge in [0.1, 0.15) is 35.5 Å². The van der Waals surface area contributed by atoms with Crippen molar-refractivity contribution in [3.05, 3.63) is 85.1 Å². The normalized spacial score (nSPS) is 19.5. The molecule has 8 rings (SSSR count). The van der Waals surface area contributed by atoms with E-state index in [2.05, 4.69) is 29.9 Å². The van der Waals surface area contributed by atoms with Crippen molar-refractivity contribution in [2.24, 2.45) is 0 Å². The predicted molar refractivity (Wildman–Crippen MR) is 182 cm³/mol. The summed E-state index contributed by atoms with van der Waals surface area (Å²) >= 11 is 0. The highest BCUT2D eigenvalue weighted by molar-refractivity contribution is 5.93. The number of carbonyl (C=O) groups is 1. The second kappa shape index (κ2) is 13.1. The zero-order valence-electron chi connectivity index (χ0n) is 27.4. The van der Waals surface area contributed by atoms with Gasteiger partial charge in [-0.1, -0.05) is 18.2 Å². The highest BCUT2D eigenvalue weighted by Gasteiger charge is 2.41. The number of carbonyl (C=O) groups excluding carboxylic acids is 1. The molecule has 2 aromatic carbocycles. The van der Waals surface area contributed by atoms with E-state index in [-0.39, 0.29) is 23.7 Å². The van der Waals surface area contributed by atoms with Crippen molar-refractivity contribution >= 4 is 39.6 Å². The van der Waals surface area contributed by atoms with E-state index in [1.165, 1.54) is 17.1 Å². The molecule has 15 heteroatoms. The summed E-state index contributed by atoms with van der Waals surface area (Å²) in [5.74, 6) is -0.449. The summed E-state index contributed by atoms with van der Waals surface area (Å²) < 4.78 is 43.5. The minimum absolute atomic E-state index is 0.0445. The maximum absolute atomic E-state index is 14.8. The molecular weight excluding hydrogens is 646 g/mol. The summed E-state index contributed by atoms with van der Waals surface area (Å²) in [6.07, 6.45) is 4.77.